The Balaban J connectivity index is 1.21. The number of rotatable bonds is 7. The maximum atomic E-state index is 12.5. The van der Waals surface area contributed by atoms with Crippen LogP contribution in [0.5, 0.6) is 0 Å². The molecule has 0 spiro atoms. The number of ether oxygens (including phenoxy) is 1. The fourth-order valence-corrected chi connectivity index (χ4v) is 5.05. The molecule has 2 saturated heterocycles. The Kier molecular flexibility index (Phi) is 6.73. The van der Waals surface area contributed by atoms with Crippen LogP contribution in [0, 0.1) is 0 Å². The van der Waals surface area contributed by atoms with Crippen molar-refractivity contribution in [3.05, 3.63) is 71.0 Å². The summed E-state index contributed by atoms with van der Waals surface area (Å²) in [4.78, 5) is 14.9. The summed E-state index contributed by atoms with van der Waals surface area (Å²) in [5, 5.41) is 15.2. The first kappa shape index (κ1) is 23.1. The maximum Gasteiger partial charge on any atom is 0.287 e. The summed E-state index contributed by atoms with van der Waals surface area (Å²) in [6.07, 6.45) is 4.53. The van der Waals surface area contributed by atoms with E-state index in [1.807, 2.05) is 18.2 Å². The van der Waals surface area contributed by atoms with Gasteiger partial charge in [-0.05, 0) is 67.0 Å². The van der Waals surface area contributed by atoms with E-state index in [-0.39, 0.29) is 12.0 Å². The Labute approximate surface area is 200 Å². The Morgan fingerprint density at radius 3 is 2.59 bits per heavy atom. The van der Waals surface area contributed by atoms with Crippen LogP contribution in [-0.4, -0.2) is 48.3 Å². The molecule has 3 heterocycles. The summed E-state index contributed by atoms with van der Waals surface area (Å²) in [6.45, 7) is 6.02. The largest absolute Gasteiger partial charge is 0.451 e. The molecule has 1 atom stereocenters. The number of piperidine rings is 1. The molecule has 5 rings (SSSR count). The smallest absolute Gasteiger partial charge is 0.287 e. The van der Waals surface area contributed by atoms with Crippen molar-refractivity contribution in [2.45, 2.75) is 57.3 Å². The summed E-state index contributed by atoms with van der Waals surface area (Å²) >= 11 is 0. The number of nitrogens with one attached hydrogen (secondary N) is 1. The van der Waals surface area contributed by atoms with Crippen LogP contribution in [0.3, 0.4) is 0 Å². The van der Waals surface area contributed by atoms with E-state index >= 15 is 0 Å². The zero-order valence-corrected chi connectivity index (χ0v) is 19.9. The topological polar surface area (TPSA) is 74.9 Å². The molecule has 0 saturated carbocycles. The van der Waals surface area contributed by atoms with Crippen molar-refractivity contribution < 1.29 is 19.1 Å². The lowest BCUT2D eigenvalue weighted by Gasteiger charge is -2.38. The van der Waals surface area contributed by atoms with Crippen LogP contribution in [0.25, 0.3) is 11.0 Å². The second-order valence-electron chi connectivity index (χ2n) is 9.69. The van der Waals surface area contributed by atoms with Gasteiger partial charge in [-0.2, -0.15) is 0 Å². The molecular weight excluding hydrogens is 428 g/mol. The van der Waals surface area contributed by atoms with Gasteiger partial charge >= 0.3 is 0 Å². The Hall–Kier alpha value is -2.67. The molecule has 6 heteroatoms. The van der Waals surface area contributed by atoms with Gasteiger partial charge in [-0.15, -0.1) is 0 Å². The Morgan fingerprint density at radius 2 is 1.88 bits per heavy atom. The van der Waals surface area contributed by atoms with Gasteiger partial charge in [0.15, 0.2) is 5.76 Å². The second kappa shape index (κ2) is 9.90. The number of fused-ring (bicyclic) bond motifs is 1. The highest BCUT2D eigenvalue weighted by Crippen LogP contribution is 2.35. The first-order valence-electron chi connectivity index (χ1n) is 12.5. The molecule has 34 heavy (non-hydrogen) atoms. The van der Waals surface area contributed by atoms with Crippen LogP contribution >= 0.6 is 0 Å². The highest BCUT2D eigenvalue weighted by atomic mass is 16.5. The van der Waals surface area contributed by atoms with Crippen molar-refractivity contribution in [2.75, 3.05) is 26.2 Å². The number of hydrogen-bond donors (Lipinski definition) is 2. The molecule has 1 unspecified atom stereocenters. The minimum absolute atomic E-state index is 0.0933. The summed E-state index contributed by atoms with van der Waals surface area (Å²) in [5.41, 5.74) is 3.35. The first-order valence-corrected chi connectivity index (χ1v) is 12.5. The predicted molar refractivity (Wildman–Crippen MR) is 132 cm³/mol. The molecule has 3 aromatic rings. The zero-order chi connectivity index (χ0) is 23.5. The number of carbonyl (C=O) groups excluding carboxylic acids is 1. The van der Waals surface area contributed by atoms with Gasteiger partial charge in [0.25, 0.3) is 5.91 Å². The fourth-order valence-electron chi connectivity index (χ4n) is 5.05. The highest BCUT2D eigenvalue weighted by Gasteiger charge is 2.34. The number of carbonyl (C=O) groups is 1. The van der Waals surface area contributed by atoms with Gasteiger partial charge in [0, 0.05) is 38.2 Å². The van der Waals surface area contributed by atoms with E-state index < -0.39 is 5.60 Å². The zero-order valence-electron chi connectivity index (χ0n) is 19.9. The van der Waals surface area contributed by atoms with E-state index in [1.54, 1.807) is 6.07 Å². The molecule has 2 aliphatic rings. The number of hydrogen-bond acceptors (Lipinski definition) is 5. The number of nitrogens with zero attached hydrogens (tertiary/aromatic N) is 1. The lowest BCUT2D eigenvalue weighted by Crippen LogP contribution is -2.42. The summed E-state index contributed by atoms with van der Waals surface area (Å²) in [5.74, 6) is 0.0632. The van der Waals surface area contributed by atoms with E-state index in [2.05, 4.69) is 41.4 Å². The van der Waals surface area contributed by atoms with Crippen LogP contribution in [0.1, 0.15) is 59.9 Å². The molecule has 2 fully saturated rings. The highest BCUT2D eigenvalue weighted by molar-refractivity contribution is 5.96. The van der Waals surface area contributed by atoms with E-state index in [0.717, 1.165) is 56.5 Å². The molecule has 1 aromatic heterocycles. The number of likely N-dealkylation sites (tertiary alicyclic amines) is 1. The quantitative estimate of drug-likeness (QED) is 0.545. The number of aliphatic hydroxyl groups is 1. The SMILES string of the molecule is CCc1ccc(CN2CCC(O)(c3ccc4oc(C(=O)NCC5CCCO5)cc4c3)CC2)cc1. The average Bonchev–Trinajstić information content (AvgIpc) is 3.54. The maximum absolute atomic E-state index is 12.5. The van der Waals surface area contributed by atoms with E-state index in [0.29, 0.717) is 30.7 Å². The Morgan fingerprint density at radius 1 is 1.12 bits per heavy atom. The molecule has 6 nitrogen and oxygen atoms in total. The molecule has 0 bridgehead atoms. The summed E-state index contributed by atoms with van der Waals surface area (Å²) < 4.78 is 11.3. The Bertz CT molecular complexity index is 1120. The van der Waals surface area contributed by atoms with Gasteiger partial charge < -0.3 is 19.6 Å². The van der Waals surface area contributed by atoms with Crippen molar-refractivity contribution in [2.24, 2.45) is 0 Å². The molecule has 0 aliphatic carbocycles. The van der Waals surface area contributed by atoms with E-state index in [1.165, 1.54) is 11.1 Å². The third kappa shape index (κ3) is 5.04. The molecular formula is C28H34N2O4. The van der Waals surface area contributed by atoms with Crippen molar-refractivity contribution >= 4 is 16.9 Å². The van der Waals surface area contributed by atoms with Crippen LogP contribution in [0.15, 0.2) is 52.9 Å². The van der Waals surface area contributed by atoms with Gasteiger partial charge in [-0.3, -0.25) is 9.69 Å². The van der Waals surface area contributed by atoms with Gasteiger partial charge in [-0.25, -0.2) is 0 Å². The lowest BCUT2D eigenvalue weighted by atomic mass is 9.84. The molecule has 2 aromatic carbocycles. The predicted octanol–water partition coefficient (Wildman–Crippen LogP) is 4.39. The standard InChI is InChI=1S/C28H34N2O4/c1-2-20-5-7-21(8-6-20)19-30-13-11-28(32,12-14-30)23-9-10-25-22(16-23)17-26(34-25)27(31)29-18-24-4-3-15-33-24/h5-10,16-17,24,32H,2-4,11-15,18-19H2,1H3,(H,29,31). The van der Waals surface area contributed by atoms with Crippen molar-refractivity contribution in [3.63, 3.8) is 0 Å². The van der Waals surface area contributed by atoms with Crippen molar-refractivity contribution in [3.8, 4) is 0 Å². The number of benzene rings is 2. The van der Waals surface area contributed by atoms with E-state index in [4.69, 9.17) is 9.15 Å². The molecule has 1 amide bonds. The van der Waals surface area contributed by atoms with Gasteiger partial charge in [0.1, 0.15) is 5.58 Å². The number of amides is 1. The minimum Gasteiger partial charge on any atom is -0.451 e. The minimum atomic E-state index is -0.865. The molecule has 2 aliphatic heterocycles. The molecule has 180 valence electrons. The molecule has 2 N–H and O–H groups in total. The van der Waals surface area contributed by atoms with Gasteiger partial charge in [-0.1, -0.05) is 37.3 Å². The van der Waals surface area contributed by atoms with Crippen LogP contribution < -0.4 is 5.32 Å². The third-order valence-corrected chi connectivity index (χ3v) is 7.31. The van der Waals surface area contributed by atoms with E-state index in [9.17, 15) is 9.90 Å². The lowest BCUT2D eigenvalue weighted by molar-refractivity contribution is -0.0276. The normalized spacial score (nSPS) is 20.6. The third-order valence-electron chi connectivity index (χ3n) is 7.31. The monoisotopic (exact) mass is 462 g/mol. The van der Waals surface area contributed by atoms with Gasteiger partial charge in [0.05, 0.1) is 11.7 Å². The molecule has 0 radical (unpaired) electrons. The van der Waals surface area contributed by atoms with Crippen LogP contribution in [0.2, 0.25) is 0 Å². The first-order chi connectivity index (χ1) is 16.5. The second-order valence-corrected chi connectivity index (χ2v) is 9.69. The number of furan rings is 1. The van der Waals surface area contributed by atoms with Crippen LogP contribution in [-0.2, 0) is 23.3 Å². The van der Waals surface area contributed by atoms with Gasteiger partial charge in [0.2, 0.25) is 0 Å². The van der Waals surface area contributed by atoms with Crippen LogP contribution in [0.4, 0.5) is 0 Å². The van der Waals surface area contributed by atoms with Crippen molar-refractivity contribution in [1.29, 1.82) is 0 Å². The van der Waals surface area contributed by atoms with Crippen molar-refractivity contribution in [1.82, 2.24) is 10.2 Å². The summed E-state index contributed by atoms with van der Waals surface area (Å²) in [6, 6.07) is 16.3. The summed E-state index contributed by atoms with van der Waals surface area (Å²) in [7, 11) is 0. The average molecular weight is 463 g/mol. The fraction of sp³-hybridized carbons (Fsp3) is 0.464. The number of aryl methyl sites for hydroxylation is 1.